The molecule has 0 radical (unpaired) electrons. The summed E-state index contributed by atoms with van der Waals surface area (Å²) in [5, 5.41) is 1.03. The van der Waals surface area contributed by atoms with E-state index in [1.54, 1.807) is 0 Å². The summed E-state index contributed by atoms with van der Waals surface area (Å²) in [6.07, 6.45) is 6.60. The van der Waals surface area contributed by atoms with Crippen LogP contribution in [0.1, 0.15) is 35.3 Å². The lowest BCUT2D eigenvalue weighted by Gasteiger charge is -1.99. The lowest BCUT2D eigenvalue weighted by Crippen LogP contribution is -1.87. The molecule has 3 rings (SSSR count). The Kier molecular flexibility index (Phi) is 2.13. The largest absolute Gasteiger partial charge is 0.354 e. The van der Waals surface area contributed by atoms with Gasteiger partial charge in [-0.3, -0.25) is 4.79 Å². The summed E-state index contributed by atoms with van der Waals surface area (Å²) in [7, 11) is 0. The summed E-state index contributed by atoms with van der Waals surface area (Å²) >= 11 is 0. The Labute approximate surface area is 94.0 Å². The van der Waals surface area contributed by atoms with Gasteiger partial charge in [-0.2, -0.15) is 0 Å². The molecule has 0 spiro atoms. The summed E-state index contributed by atoms with van der Waals surface area (Å²) in [5.41, 5.74) is 4.17. The molecule has 0 amide bonds. The fourth-order valence-corrected chi connectivity index (χ4v) is 2.44. The van der Waals surface area contributed by atoms with Crippen LogP contribution in [0.4, 0.5) is 0 Å². The second kappa shape index (κ2) is 3.63. The van der Waals surface area contributed by atoms with Crippen molar-refractivity contribution < 1.29 is 4.79 Å². The summed E-state index contributed by atoms with van der Waals surface area (Å²) in [6.45, 7) is 0. The minimum absolute atomic E-state index is 0.809. The van der Waals surface area contributed by atoms with Crippen molar-refractivity contribution in [3.05, 3.63) is 41.6 Å². The van der Waals surface area contributed by atoms with Crippen molar-refractivity contribution in [1.82, 2.24) is 4.98 Å². The number of carbonyl (C=O) groups excluding carboxylic acids is 1. The molecular formula is C14H13NO. The number of aromatic nitrogens is 1. The molecule has 2 aromatic rings. The first-order valence-electron chi connectivity index (χ1n) is 5.65. The zero-order chi connectivity index (χ0) is 11.0. The van der Waals surface area contributed by atoms with Crippen molar-refractivity contribution >= 4 is 22.8 Å². The van der Waals surface area contributed by atoms with Crippen molar-refractivity contribution in [1.29, 1.82) is 0 Å². The Morgan fingerprint density at radius 2 is 2.12 bits per heavy atom. The van der Waals surface area contributed by atoms with Gasteiger partial charge in [-0.05, 0) is 30.9 Å². The molecule has 0 fully saturated rings. The highest BCUT2D eigenvalue weighted by molar-refractivity contribution is 6.02. The summed E-state index contributed by atoms with van der Waals surface area (Å²) in [4.78, 5) is 14.6. The number of rotatable bonds is 2. The van der Waals surface area contributed by atoms with Crippen molar-refractivity contribution in [3.63, 3.8) is 0 Å². The number of aromatic amines is 1. The molecule has 0 atom stereocenters. The van der Waals surface area contributed by atoms with Crippen molar-refractivity contribution in [2.75, 3.05) is 0 Å². The van der Waals surface area contributed by atoms with E-state index >= 15 is 0 Å². The molecule has 0 aliphatic heterocycles. The first kappa shape index (κ1) is 9.40. The van der Waals surface area contributed by atoms with Gasteiger partial charge >= 0.3 is 0 Å². The SMILES string of the molecule is O=Cc1c(C2=CCCC2)[nH]c2ccccc12. The van der Waals surface area contributed by atoms with E-state index in [4.69, 9.17) is 0 Å². The van der Waals surface area contributed by atoms with Gasteiger partial charge in [0.2, 0.25) is 0 Å². The number of para-hydroxylation sites is 1. The second-order valence-electron chi connectivity index (χ2n) is 4.20. The fraction of sp³-hybridized carbons (Fsp3) is 0.214. The van der Waals surface area contributed by atoms with Crippen molar-refractivity contribution in [2.45, 2.75) is 19.3 Å². The lowest BCUT2D eigenvalue weighted by atomic mass is 10.1. The Balaban J connectivity index is 2.27. The Morgan fingerprint density at radius 1 is 1.25 bits per heavy atom. The maximum Gasteiger partial charge on any atom is 0.152 e. The van der Waals surface area contributed by atoms with Crippen LogP contribution in [0.15, 0.2) is 30.3 Å². The summed E-state index contributed by atoms with van der Waals surface area (Å²) in [5.74, 6) is 0. The Bertz CT molecular complexity index is 577. The minimum Gasteiger partial charge on any atom is -0.354 e. The van der Waals surface area contributed by atoms with Crippen LogP contribution in [0.25, 0.3) is 16.5 Å². The van der Waals surface area contributed by atoms with E-state index in [0.717, 1.165) is 41.3 Å². The monoisotopic (exact) mass is 211 g/mol. The van der Waals surface area contributed by atoms with E-state index in [-0.39, 0.29) is 0 Å². The predicted molar refractivity (Wildman–Crippen MR) is 65.5 cm³/mol. The van der Waals surface area contributed by atoms with Crippen LogP contribution in [0.3, 0.4) is 0 Å². The molecule has 1 heterocycles. The Hall–Kier alpha value is -1.83. The molecule has 0 unspecified atom stereocenters. The molecule has 16 heavy (non-hydrogen) atoms. The zero-order valence-electron chi connectivity index (χ0n) is 8.99. The molecule has 1 aliphatic carbocycles. The van der Waals surface area contributed by atoms with Gasteiger partial charge in [0.25, 0.3) is 0 Å². The average Bonchev–Trinajstić information content (AvgIpc) is 2.95. The number of fused-ring (bicyclic) bond motifs is 1. The maximum absolute atomic E-state index is 11.2. The number of hydrogen-bond donors (Lipinski definition) is 1. The number of allylic oxidation sites excluding steroid dienone is 2. The highest BCUT2D eigenvalue weighted by Crippen LogP contribution is 2.32. The van der Waals surface area contributed by atoms with Gasteiger partial charge in [0.05, 0.1) is 5.69 Å². The fourth-order valence-electron chi connectivity index (χ4n) is 2.44. The van der Waals surface area contributed by atoms with Crippen molar-refractivity contribution in [3.8, 4) is 0 Å². The molecule has 1 aromatic carbocycles. The van der Waals surface area contributed by atoms with E-state index in [9.17, 15) is 4.79 Å². The van der Waals surface area contributed by atoms with Crippen LogP contribution in [-0.4, -0.2) is 11.3 Å². The van der Waals surface area contributed by atoms with Crippen LogP contribution in [0.2, 0.25) is 0 Å². The molecule has 2 nitrogen and oxygen atoms in total. The van der Waals surface area contributed by atoms with Gasteiger partial charge in [0.1, 0.15) is 0 Å². The molecular weight excluding hydrogens is 198 g/mol. The van der Waals surface area contributed by atoms with Gasteiger partial charge in [-0.1, -0.05) is 24.3 Å². The maximum atomic E-state index is 11.2. The van der Waals surface area contributed by atoms with E-state index in [1.165, 1.54) is 12.0 Å². The van der Waals surface area contributed by atoms with Crippen LogP contribution >= 0.6 is 0 Å². The smallest absolute Gasteiger partial charge is 0.152 e. The second-order valence-corrected chi connectivity index (χ2v) is 4.20. The molecule has 1 aromatic heterocycles. The third kappa shape index (κ3) is 1.30. The summed E-state index contributed by atoms with van der Waals surface area (Å²) < 4.78 is 0. The van der Waals surface area contributed by atoms with Crippen LogP contribution in [-0.2, 0) is 0 Å². The number of hydrogen-bond acceptors (Lipinski definition) is 1. The molecule has 0 saturated carbocycles. The van der Waals surface area contributed by atoms with Gasteiger partial charge < -0.3 is 4.98 Å². The summed E-state index contributed by atoms with van der Waals surface area (Å²) in [6, 6.07) is 7.96. The van der Waals surface area contributed by atoms with Crippen molar-refractivity contribution in [2.24, 2.45) is 0 Å². The van der Waals surface area contributed by atoms with Gasteiger partial charge in [0, 0.05) is 16.5 Å². The highest BCUT2D eigenvalue weighted by Gasteiger charge is 2.15. The number of H-pyrrole nitrogens is 1. The molecule has 0 bridgehead atoms. The first-order valence-corrected chi connectivity index (χ1v) is 5.65. The third-order valence-corrected chi connectivity index (χ3v) is 3.23. The number of carbonyl (C=O) groups is 1. The van der Waals surface area contributed by atoms with E-state index in [2.05, 4.69) is 11.1 Å². The first-order chi connectivity index (χ1) is 7.90. The molecule has 1 aliphatic rings. The number of aldehydes is 1. The minimum atomic E-state index is 0.809. The third-order valence-electron chi connectivity index (χ3n) is 3.23. The highest BCUT2D eigenvalue weighted by atomic mass is 16.1. The van der Waals surface area contributed by atoms with E-state index < -0.39 is 0 Å². The lowest BCUT2D eigenvalue weighted by molar-refractivity contribution is 0.112. The molecule has 2 heteroatoms. The predicted octanol–water partition coefficient (Wildman–Crippen LogP) is 3.55. The normalized spacial score (nSPS) is 15.4. The number of nitrogens with one attached hydrogen (secondary N) is 1. The van der Waals surface area contributed by atoms with Gasteiger partial charge in [-0.25, -0.2) is 0 Å². The Morgan fingerprint density at radius 3 is 2.88 bits per heavy atom. The molecule has 80 valence electrons. The standard InChI is InChI=1S/C14H13NO/c16-9-12-11-7-3-4-8-13(11)15-14(12)10-5-1-2-6-10/h3-5,7-9,15H,1-2,6H2. The van der Waals surface area contributed by atoms with Crippen LogP contribution in [0.5, 0.6) is 0 Å². The van der Waals surface area contributed by atoms with E-state index in [1.807, 2.05) is 24.3 Å². The van der Waals surface area contributed by atoms with Gasteiger partial charge in [0.15, 0.2) is 6.29 Å². The average molecular weight is 211 g/mol. The molecule has 0 saturated heterocycles. The van der Waals surface area contributed by atoms with E-state index in [0.29, 0.717) is 0 Å². The van der Waals surface area contributed by atoms with Gasteiger partial charge in [-0.15, -0.1) is 0 Å². The number of benzene rings is 1. The zero-order valence-corrected chi connectivity index (χ0v) is 8.99. The van der Waals surface area contributed by atoms with Crippen LogP contribution in [0, 0.1) is 0 Å². The van der Waals surface area contributed by atoms with Crippen LogP contribution < -0.4 is 0 Å². The molecule has 1 N–H and O–H groups in total. The quantitative estimate of drug-likeness (QED) is 0.757. The topological polar surface area (TPSA) is 32.9 Å².